The minimum Gasteiger partial charge on any atom is -0.332 e. The third-order valence-corrected chi connectivity index (χ3v) is 7.92. The standard InChI is InChI=1S/C26H28ClN7O/c1-15-9-17(10-16-5-3-4-6-18(15)16)19-12-29-34-23(11-28)24(27)21(30-25(19)34)14-33-8-7-22-20(13-33)31-26(35)32(22)2/h3-6,9-10,12,20,22H,7-8,11,13-14,28H2,1-2H3,(H,31,35). The number of hydrogen-bond acceptors (Lipinski definition) is 5. The zero-order valence-electron chi connectivity index (χ0n) is 19.8. The van der Waals surface area contributed by atoms with E-state index in [1.807, 2.05) is 18.1 Å². The van der Waals surface area contributed by atoms with Crippen molar-refractivity contribution in [2.75, 3.05) is 20.1 Å². The number of hydrogen-bond donors (Lipinski definition) is 2. The number of aromatic nitrogens is 3. The third kappa shape index (κ3) is 3.64. The van der Waals surface area contributed by atoms with Gasteiger partial charge in [-0.1, -0.05) is 41.9 Å². The predicted octanol–water partition coefficient (Wildman–Crippen LogP) is 3.57. The molecule has 35 heavy (non-hydrogen) atoms. The van der Waals surface area contributed by atoms with Crippen molar-refractivity contribution in [1.82, 2.24) is 29.7 Å². The number of aryl methyl sites for hydroxylation is 1. The molecule has 0 bridgehead atoms. The van der Waals surface area contributed by atoms with E-state index in [9.17, 15) is 4.79 Å². The highest BCUT2D eigenvalue weighted by atomic mass is 35.5. The van der Waals surface area contributed by atoms with Crippen molar-refractivity contribution in [3.63, 3.8) is 0 Å². The Kier molecular flexibility index (Phi) is 5.40. The maximum Gasteiger partial charge on any atom is 0.317 e. The number of halogens is 1. The number of nitrogens with one attached hydrogen (secondary N) is 1. The summed E-state index contributed by atoms with van der Waals surface area (Å²) in [5.74, 6) is 0. The van der Waals surface area contributed by atoms with Gasteiger partial charge in [-0.3, -0.25) is 4.90 Å². The van der Waals surface area contributed by atoms with E-state index in [1.165, 1.54) is 16.3 Å². The Balaban J connectivity index is 1.39. The fraction of sp³-hybridized carbons (Fsp3) is 0.346. The Bertz CT molecular complexity index is 1470. The van der Waals surface area contributed by atoms with Gasteiger partial charge in [0.1, 0.15) is 0 Å². The van der Waals surface area contributed by atoms with Crippen LogP contribution in [-0.4, -0.2) is 62.6 Å². The number of likely N-dealkylation sites (tertiary alicyclic amines) is 1. The van der Waals surface area contributed by atoms with Crippen LogP contribution in [0.3, 0.4) is 0 Å². The molecule has 2 unspecified atom stereocenters. The second-order valence-electron chi connectivity index (χ2n) is 9.59. The van der Waals surface area contributed by atoms with Crippen LogP contribution in [0, 0.1) is 6.92 Å². The number of fused-ring (bicyclic) bond motifs is 3. The number of benzene rings is 2. The lowest BCUT2D eigenvalue weighted by atomic mass is 9.99. The topological polar surface area (TPSA) is 91.8 Å². The highest BCUT2D eigenvalue weighted by Crippen LogP contribution is 2.32. The van der Waals surface area contributed by atoms with Gasteiger partial charge in [0, 0.05) is 38.8 Å². The van der Waals surface area contributed by atoms with Gasteiger partial charge in [-0.25, -0.2) is 14.3 Å². The Morgan fingerprint density at radius 2 is 2.09 bits per heavy atom. The Hall–Kier alpha value is -3.20. The van der Waals surface area contributed by atoms with E-state index in [0.717, 1.165) is 47.7 Å². The van der Waals surface area contributed by atoms with Crippen LogP contribution in [0.4, 0.5) is 4.79 Å². The molecule has 4 aromatic rings. The van der Waals surface area contributed by atoms with E-state index in [1.54, 1.807) is 4.52 Å². The first-order valence-electron chi connectivity index (χ1n) is 11.9. The van der Waals surface area contributed by atoms with Crippen molar-refractivity contribution in [1.29, 1.82) is 0 Å². The molecule has 0 spiro atoms. The van der Waals surface area contributed by atoms with Crippen LogP contribution in [-0.2, 0) is 13.1 Å². The van der Waals surface area contributed by atoms with Gasteiger partial charge in [-0.2, -0.15) is 5.10 Å². The third-order valence-electron chi connectivity index (χ3n) is 7.48. The van der Waals surface area contributed by atoms with Crippen LogP contribution in [0.25, 0.3) is 27.5 Å². The van der Waals surface area contributed by atoms with Crippen LogP contribution in [0.15, 0.2) is 42.6 Å². The number of rotatable bonds is 4. The zero-order chi connectivity index (χ0) is 24.3. The summed E-state index contributed by atoms with van der Waals surface area (Å²) >= 11 is 6.82. The molecule has 2 aromatic heterocycles. The van der Waals surface area contributed by atoms with Crippen molar-refractivity contribution >= 4 is 34.1 Å². The van der Waals surface area contributed by atoms with E-state index in [-0.39, 0.29) is 24.7 Å². The molecule has 0 aliphatic carbocycles. The minimum absolute atomic E-state index is 0.000532. The largest absolute Gasteiger partial charge is 0.332 e. The molecule has 2 aliphatic heterocycles. The van der Waals surface area contributed by atoms with Crippen LogP contribution in [0.2, 0.25) is 5.02 Å². The quantitative estimate of drug-likeness (QED) is 0.457. The summed E-state index contributed by atoms with van der Waals surface area (Å²) in [6.45, 7) is 4.61. The van der Waals surface area contributed by atoms with Crippen molar-refractivity contribution in [2.24, 2.45) is 5.73 Å². The molecular formula is C26H28ClN7O. The number of urea groups is 1. The lowest BCUT2D eigenvalue weighted by Crippen LogP contribution is -2.50. The smallest absolute Gasteiger partial charge is 0.317 e. The molecule has 2 aromatic carbocycles. The highest BCUT2D eigenvalue weighted by Gasteiger charge is 2.40. The monoisotopic (exact) mass is 489 g/mol. The summed E-state index contributed by atoms with van der Waals surface area (Å²) < 4.78 is 1.77. The highest BCUT2D eigenvalue weighted by molar-refractivity contribution is 6.31. The summed E-state index contributed by atoms with van der Waals surface area (Å²) in [7, 11) is 1.87. The number of piperidine rings is 1. The molecule has 2 atom stereocenters. The van der Waals surface area contributed by atoms with Crippen molar-refractivity contribution < 1.29 is 4.79 Å². The molecule has 4 heterocycles. The fourth-order valence-electron chi connectivity index (χ4n) is 5.60. The van der Waals surface area contributed by atoms with E-state index in [4.69, 9.17) is 22.3 Å². The van der Waals surface area contributed by atoms with Gasteiger partial charge < -0.3 is 16.0 Å². The molecule has 6 rings (SSSR count). The van der Waals surface area contributed by atoms with Gasteiger partial charge in [-0.05, 0) is 41.3 Å². The number of nitrogens with zero attached hydrogens (tertiary/aromatic N) is 5. The van der Waals surface area contributed by atoms with Crippen LogP contribution < -0.4 is 11.1 Å². The van der Waals surface area contributed by atoms with Crippen molar-refractivity contribution in [2.45, 2.75) is 38.5 Å². The normalized spacial score (nSPS) is 20.6. The summed E-state index contributed by atoms with van der Waals surface area (Å²) in [5, 5.41) is 10.7. The molecule has 2 amide bonds. The van der Waals surface area contributed by atoms with E-state index in [0.29, 0.717) is 11.6 Å². The Morgan fingerprint density at radius 1 is 1.26 bits per heavy atom. The van der Waals surface area contributed by atoms with Gasteiger partial charge in [0.15, 0.2) is 5.65 Å². The maximum atomic E-state index is 12.1. The van der Waals surface area contributed by atoms with E-state index in [2.05, 4.69) is 58.6 Å². The summed E-state index contributed by atoms with van der Waals surface area (Å²) in [6.07, 6.45) is 2.76. The fourth-order valence-corrected chi connectivity index (χ4v) is 5.86. The van der Waals surface area contributed by atoms with Gasteiger partial charge in [0.2, 0.25) is 0 Å². The van der Waals surface area contributed by atoms with Crippen LogP contribution in [0.5, 0.6) is 0 Å². The average Bonchev–Trinajstić information content (AvgIpc) is 3.39. The first-order chi connectivity index (χ1) is 16.9. The first-order valence-corrected chi connectivity index (χ1v) is 12.3. The first kappa shape index (κ1) is 22.3. The Morgan fingerprint density at radius 3 is 2.91 bits per heavy atom. The van der Waals surface area contributed by atoms with Crippen LogP contribution in [0.1, 0.15) is 23.4 Å². The van der Waals surface area contributed by atoms with Crippen molar-refractivity contribution in [3.8, 4) is 11.1 Å². The molecule has 9 heteroatoms. The zero-order valence-corrected chi connectivity index (χ0v) is 20.6. The molecule has 180 valence electrons. The second-order valence-corrected chi connectivity index (χ2v) is 9.97. The molecule has 3 N–H and O–H groups in total. The van der Waals surface area contributed by atoms with Gasteiger partial charge >= 0.3 is 6.03 Å². The van der Waals surface area contributed by atoms with Gasteiger partial charge in [-0.15, -0.1) is 0 Å². The number of carbonyl (C=O) groups excluding carboxylic acids is 1. The summed E-state index contributed by atoms with van der Waals surface area (Å²) in [4.78, 5) is 21.2. The lowest BCUT2D eigenvalue weighted by molar-refractivity contribution is 0.146. The molecule has 0 saturated carbocycles. The molecule has 2 fully saturated rings. The van der Waals surface area contributed by atoms with Crippen molar-refractivity contribution in [3.05, 3.63) is 64.6 Å². The average molecular weight is 490 g/mol. The van der Waals surface area contributed by atoms with Gasteiger partial charge in [0.25, 0.3) is 0 Å². The predicted molar refractivity (Wildman–Crippen MR) is 137 cm³/mol. The molecule has 0 radical (unpaired) electrons. The van der Waals surface area contributed by atoms with E-state index < -0.39 is 0 Å². The lowest BCUT2D eigenvalue weighted by Gasteiger charge is -2.35. The Labute approximate surface area is 208 Å². The SMILES string of the molecule is Cc1cc(-c2cnn3c(CN)c(Cl)c(CN4CCC5C(C4)NC(=O)N5C)nc23)cc2ccccc12. The summed E-state index contributed by atoms with van der Waals surface area (Å²) in [5.41, 5.74) is 11.6. The number of likely N-dealkylation sites (N-methyl/N-ethyl adjacent to an activating group) is 1. The number of amides is 2. The minimum atomic E-state index is -0.000532. The second kappa shape index (κ2) is 8.48. The van der Waals surface area contributed by atoms with Crippen LogP contribution >= 0.6 is 11.6 Å². The molecule has 8 nitrogen and oxygen atoms in total. The summed E-state index contributed by atoms with van der Waals surface area (Å²) in [6, 6.07) is 13.1. The number of nitrogens with two attached hydrogens (primary N) is 1. The molecular weight excluding hydrogens is 462 g/mol. The molecule has 2 aliphatic rings. The number of carbonyl (C=O) groups is 1. The molecule has 2 saturated heterocycles. The van der Waals surface area contributed by atoms with E-state index >= 15 is 0 Å². The van der Waals surface area contributed by atoms with Gasteiger partial charge in [0.05, 0.1) is 34.7 Å². The maximum absolute atomic E-state index is 12.1.